The lowest BCUT2D eigenvalue weighted by Crippen LogP contribution is -2.28. The topological polar surface area (TPSA) is 61.1 Å². The molecule has 1 N–H and O–H groups in total. The summed E-state index contributed by atoms with van der Waals surface area (Å²) in [5, 5.41) is 17.6. The SMILES string of the molecule is CCCCC(C#N)(CC)C(=O)O. The Morgan fingerprint density at radius 2 is 2.17 bits per heavy atom. The second-order valence-electron chi connectivity index (χ2n) is 2.96. The molecule has 0 aromatic rings. The second kappa shape index (κ2) is 4.76. The fourth-order valence-electron chi connectivity index (χ4n) is 1.10. The third-order valence-electron chi connectivity index (χ3n) is 2.18. The highest BCUT2D eigenvalue weighted by molar-refractivity contribution is 5.77. The third-order valence-corrected chi connectivity index (χ3v) is 2.18. The van der Waals surface area contributed by atoms with E-state index >= 15 is 0 Å². The maximum Gasteiger partial charge on any atom is 0.324 e. The van der Waals surface area contributed by atoms with Crippen LogP contribution < -0.4 is 0 Å². The number of carboxylic acids is 1. The molecule has 0 radical (unpaired) electrons. The van der Waals surface area contributed by atoms with Crippen LogP contribution in [0.4, 0.5) is 0 Å². The average Bonchev–Trinajstić information content (AvgIpc) is 2.07. The Balaban J connectivity index is 4.39. The number of carboxylic acid groups (broad SMARTS) is 1. The van der Waals surface area contributed by atoms with Gasteiger partial charge in [0.1, 0.15) is 0 Å². The first-order chi connectivity index (χ1) is 5.63. The Kier molecular flexibility index (Phi) is 4.35. The molecule has 68 valence electrons. The smallest absolute Gasteiger partial charge is 0.324 e. The van der Waals surface area contributed by atoms with Crippen LogP contribution in [0.2, 0.25) is 0 Å². The molecular weight excluding hydrogens is 154 g/mol. The van der Waals surface area contributed by atoms with Crippen LogP contribution in [0.25, 0.3) is 0 Å². The predicted octanol–water partition coefficient (Wildman–Crippen LogP) is 2.18. The first kappa shape index (κ1) is 11.0. The zero-order valence-electron chi connectivity index (χ0n) is 7.63. The molecule has 12 heavy (non-hydrogen) atoms. The van der Waals surface area contributed by atoms with E-state index in [0.717, 1.165) is 12.8 Å². The molecular formula is C9H15NO2. The molecule has 0 aliphatic heterocycles. The molecule has 3 nitrogen and oxygen atoms in total. The van der Waals surface area contributed by atoms with Crippen molar-refractivity contribution in [2.75, 3.05) is 0 Å². The highest BCUT2D eigenvalue weighted by Gasteiger charge is 2.35. The van der Waals surface area contributed by atoms with Crippen molar-refractivity contribution < 1.29 is 9.90 Å². The van der Waals surface area contributed by atoms with E-state index in [4.69, 9.17) is 10.4 Å². The van der Waals surface area contributed by atoms with Gasteiger partial charge in [-0.3, -0.25) is 4.79 Å². The molecule has 0 rings (SSSR count). The zero-order valence-corrected chi connectivity index (χ0v) is 7.63. The Bertz CT molecular complexity index is 195. The van der Waals surface area contributed by atoms with Gasteiger partial charge in [-0.1, -0.05) is 26.7 Å². The molecule has 0 aromatic carbocycles. The first-order valence-electron chi connectivity index (χ1n) is 4.27. The lowest BCUT2D eigenvalue weighted by Gasteiger charge is -2.18. The Morgan fingerprint density at radius 1 is 1.58 bits per heavy atom. The summed E-state index contributed by atoms with van der Waals surface area (Å²) in [6.07, 6.45) is 2.58. The van der Waals surface area contributed by atoms with Gasteiger partial charge in [0, 0.05) is 0 Å². The summed E-state index contributed by atoms with van der Waals surface area (Å²) in [6.45, 7) is 3.73. The van der Waals surface area contributed by atoms with Gasteiger partial charge in [0.2, 0.25) is 0 Å². The molecule has 1 atom stereocenters. The van der Waals surface area contributed by atoms with Crippen LogP contribution in [-0.2, 0) is 4.79 Å². The van der Waals surface area contributed by atoms with E-state index < -0.39 is 11.4 Å². The normalized spacial score (nSPS) is 14.8. The molecule has 0 aliphatic carbocycles. The van der Waals surface area contributed by atoms with Gasteiger partial charge in [0.25, 0.3) is 0 Å². The molecule has 0 spiro atoms. The van der Waals surface area contributed by atoms with Crippen molar-refractivity contribution in [3.8, 4) is 6.07 Å². The number of rotatable bonds is 5. The van der Waals surface area contributed by atoms with Crippen molar-refractivity contribution >= 4 is 5.97 Å². The molecule has 1 unspecified atom stereocenters. The van der Waals surface area contributed by atoms with Crippen molar-refractivity contribution in [3.63, 3.8) is 0 Å². The van der Waals surface area contributed by atoms with Gasteiger partial charge in [-0.05, 0) is 12.8 Å². The molecule has 0 aromatic heterocycles. The minimum atomic E-state index is -1.14. The maximum absolute atomic E-state index is 10.8. The number of unbranched alkanes of at least 4 members (excludes halogenated alkanes) is 1. The third kappa shape index (κ3) is 2.23. The van der Waals surface area contributed by atoms with E-state index in [2.05, 4.69) is 0 Å². The molecule has 0 bridgehead atoms. The first-order valence-corrected chi connectivity index (χ1v) is 4.27. The van der Waals surface area contributed by atoms with Crippen LogP contribution in [-0.4, -0.2) is 11.1 Å². The van der Waals surface area contributed by atoms with Crippen molar-refractivity contribution in [1.82, 2.24) is 0 Å². The lowest BCUT2D eigenvalue weighted by molar-refractivity contribution is -0.146. The predicted molar refractivity (Wildman–Crippen MR) is 45.5 cm³/mol. The van der Waals surface area contributed by atoms with Crippen LogP contribution in [0, 0.1) is 16.7 Å². The van der Waals surface area contributed by atoms with Gasteiger partial charge < -0.3 is 5.11 Å². The summed E-state index contributed by atoms with van der Waals surface area (Å²) >= 11 is 0. The van der Waals surface area contributed by atoms with E-state index in [0.29, 0.717) is 12.8 Å². The van der Waals surface area contributed by atoms with Crippen LogP contribution in [0.15, 0.2) is 0 Å². The summed E-state index contributed by atoms with van der Waals surface area (Å²) in [7, 11) is 0. The molecule has 0 aliphatic rings. The summed E-state index contributed by atoms with van der Waals surface area (Å²) in [5.74, 6) is -0.985. The molecule has 0 saturated carbocycles. The summed E-state index contributed by atoms with van der Waals surface area (Å²) < 4.78 is 0. The number of hydrogen-bond acceptors (Lipinski definition) is 2. The summed E-state index contributed by atoms with van der Waals surface area (Å²) in [6, 6.07) is 1.90. The van der Waals surface area contributed by atoms with Crippen LogP contribution in [0.5, 0.6) is 0 Å². The molecule has 0 saturated heterocycles. The largest absolute Gasteiger partial charge is 0.480 e. The minimum absolute atomic E-state index is 0.388. The van der Waals surface area contributed by atoms with Crippen molar-refractivity contribution in [2.45, 2.75) is 39.5 Å². The Hall–Kier alpha value is -1.04. The standard InChI is InChI=1S/C9H15NO2/c1-3-5-6-9(4-2,7-10)8(11)12/h3-6H2,1-2H3,(H,11,12). The molecule has 0 heterocycles. The highest BCUT2D eigenvalue weighted by atomic mass is 16.4. The number of nitriles is 1. The van der Waals surface area contributed by atoms with E-state index in [1.807, 2.05) is 13.0 Å². The van der Waals surface area contributed by atoms with Crippen LogP contribution in [0.3, 0.4) is 0 Å². The van der Waals surface area contributed by atoms with Gasteiger partial charge in [0.15, 0.2) is 5.41 Å². The number of carbonyl (C=O) groups is 1. The van der Waals surface area contributed by atoms with Gasteiger partial charge >= 0.3 is 5.97 Å². The second-order valence-corrected chi connectivity index (χ2v) is 2.96. The van der Waals surface area contributed by atoms with Crippen LogP contribution in [0.1, 0.15) is 39.5 Å². The minimum Gasteiger partial charge on any atom is -0.480 e. The Labute approximate surface area is 73.0 Å². The van der Waals surface area contributed by atoms with E-state index in [-0.39, 0.29) is 0 Å². The molecule has 0 amide bonds. The number of nitrogens with zero attached hydrogens (tertiary/aromatic N) is 1. The average molecular weight is 169 g/mol. The van der Waals surface area contributed by atoms with Crippen LogP contribution >= 0.6 is 0 Å². The van der Waals surface area contributed by atoms with E-state index in [1.54, 1.807) is 6.92 Å². The van der Waals surface area contributed by atoms with Gasteiger partial charge in [-0.25, -0.2) is 0 Å². The van der Waals surface area contributed by atoms with E-state index in [1.165, 1.54) is 0 Å². The monoisotopic (exact) mass is 169 g/mol. The fourth-order valence-corrected chi connectivity index (χ4v) is 1.10. The molecule has 3 heteroatoms. The highest BCUT2D eigenvalue weighted by Crippen LogP contribution is 2.27. The van der Waals surface area contributed by atoms with E-state index in [9.17, 15) is 4.79 Å². The summed E-state index contributed by atoms with van der Waals surface area (Å²) in [5.41, 5.74) is -1.14. The zero-order chi connectivity index (χ0) is 9.61. The quantitative estimate of drug-likeness (QED) is 0.686. The van der Waals surface area contributed by atoms with Crippen molar-refractivity contribution in [2.24, 2.45) is 5.41 Å². The Morgan fingerprint density at radius 3 is 2.42 bits per heavy atom. The lowest BCUT2D eigenvalue weighted by atomic mass is 9.82. The number of hydrogen-bond donors (Lipinski definition) is 1. The van der Waals surface area contributed by atoms with Crippen molar-refractivity contribution in [3.05, 3.63) is 0 Å². The maximum atomic E-state index is 10.8. The summed E-state index contributed by atoms with van der Waals surface area (Å²) in [4.78, 5) is 10.8. The number of aliphatic carboxylic acids is 1. The van der Waals surface area contributed by atoms with Gasteiger partial charge in [-0.15, -0.1) is 0 Å². The van der Waals surface area contributed by atoms with Gasteiger partial charge in [0.05, 0.1) is 6.07 Å². The van der Waals surface area contributed by atoms with Crippen molar-refractivity contribution in [1.29, 1.82) is 5.26 Å². The fraction of sp³-hybridized carbons (Fsp3) is 0.778. The molecule has 0 fully saturated rings. The van der Waals surface area contributed by atoms with Gasteiger partial charge in [-0.2, -0.15) is 5.26 Å².